The molecule has 4 atom stereocenters. The van der Waals surface area contributed by atoms with Crippen LogP contribution in [0.3, 0.4) is 0 Å². The molecule has 0 spiro atoms. The Kier molecular flexibility index (Phi) is 10.8. The van der Waals surface area contributed by atoms with E-state index in [1.54, 1.807) is 46.2 Å². The summed E-state index contributed by atoms with van der Waals surface area (Å²) in [5.74, 6) is -4.68. The zero-order chi connectivity index (χ0) is 34.9. The van der Waals surface area contributed by atoms with Crippen LogP contribution in [0.1, 0.15) is 72.9 Å². The molecule has 1 aromatic carbocycles. The number of carboxylic acid groups (broad SMARTS) is 4. The molecule has 12 nitrogen and oxygen atoms in total. The average molecular weight is 632 g/mol. The lowest BCUT2D eigenvalue weighted by molar-refractivity contribution is -0.159. The standard InChI is InChI=1S/C13H17N3O.2C10H16O4/c1-10-12(14(2)3)13(17)16(15(10)4)11-8-6-5-7-9-11;2*1-9(2)6(7(11)12)4-5-10(9,3)8(13)14/h5-9H,1-4H3;2*6H,4-5H2,1-3H3,(H,11,12)(H,13,14)/t;2*6-,10+/m.11/s1. The van der Waals surface area contributed by atoms with E-state index < -0.39 is 57.4 Å². The Morgan fingerprint density at radius 2 is 1.13 bits per heavy atom. The average Bonchev–Trinajstić information content (AvgIpc) is 3.43. The smallest absolute Gasteiger partial charge is 0.309 e. The summed E-state index contributed by atoms with van der Waals surface area (Å²) in [6.45, 7) is 12.1. The zero-order valence-electron chi connectivity index (χ0n) is 28.0. The van der Waals surface area contributed by atoms with Gasteiger partial charge in [-0.15, -0.1) is 0 Å². The predicted molar refractivity (Wildman–Crippen MR) is 170 cm³/mol. The molecule has 2 aromatic rings. The van der Waals surface area contributed by atoms with Crippen LogP contribution in [0.4, 0.5) is 5.69 Å². The molecule has 0 bridgehead atoms. The van der Waals surface area contributed by atoms with E-state index in [-0.39, 0.29) is 5.56 Å². The molecule has 4 N–H and O–H groups in total. The normalized spacial score (nSPS) is 26.1. The summed E-state index contributed by atoms with van der Waals surface area (Å²) >= 11 is 0. The molecule has 12 heteroatoms. The maximum absolute atomic E-state index is 12.4. The molecule has 1 aromatic heterocycles. The molecule has 2 aliphatic rings. The highest BCUT2D eigenvalue weighted by atomic mass is 16.4. The van der Waals surface area contributed by atoms with Gasteiger partial charge in [0.05, 0.1) is 34.0 Å². The van der Waals surface area contributed by atoms with Crippen LogP contribution in [0.15, 0.2) is 35.1 Å². The van der Waals surface area contributed by atoms with Crippen LogP contribution >= 0.6 is 0 Å². The first-order chi connectivity index (χ1) is 20.5. The fraction of sp³-hybridized carbons (Fsp3) is 0.606. The van der Waals surface area contributed by atoms with Crippen molar-refractivity contribution in [2.24, 2.45) is 40.5 Å². The van der Waals surface area contributed by atoms with Gasteiger partial charge in [-0.25, -0.2) is 4.68 Å². The third-order valence-corrected chi connectivity index (χ3v) is 11.0. The fourth-order valence-electron chi connectivity index (χ4n) is 6.70. The summed E-state index contributed by atoms with van der Waals surface area (Å²) in [5.41, 5.74) is -0.626. The van der Waals surface area contributed by atoms with Gasteiger partial charge in [0.2, 0.25) is 0 Å². The first kappa shape index (κ1) is 37.1. The van der Waals surface area contributed by atoms with Crippen LogP contribution < -0.4 is 10.5 Å². The van der Waals surface area contributed by atoms with E-state index in [2.05, 4.69) is 0 Å². The number of carboxylic acids is 4. The van der Waals surface area contributed by atoms with Crippen LogP contribution in [0, 0.1) is 40.4 Å². The third-order valence-electron chi connectivity index (χ3n) is 11.0. The van der Waals surface area contributed by atoms with E-state index in [9.17, 15) is 24.0 Å². The van der Waals surface area contributed by atoms with Gasteiger partial charge < -0.3 is 25.3 Å². The second-order valence-corrected chi connectivity index (χ2v) is 13.9. The largest absolute Gasteiger partial charge is 0.481 e. The zero-order valence-corrected chi connectivity index (χ0v) is 28.0. The lowest BCUT2D eigenvalue weighted by Gasteiger charge is -2.36. The summed E-state index contributed by atoms with van der Waals surface area (Å²) in [5, 5.41) is 36.2. The van der Waals surface area contributed by atoms with Crippen molar-refractivity contribution in [2.75, 3.05) is 19.0 Å². The maximum atomic E-state index is 12.4. The number of aliphatic carboxylic acids is 4. The lowest BCUT2D eigenvalue weighted by atomic mass is 9.66. The number of aromatic nitrogens is 2. The minimum atomic E-state index is -0.921. The van der Waals surface area contributed by atoms with Gasteiger partial charge in [-0.3, -0.25) is 28.7 Å². The molecule has 2 saturated carbocycles. The first-order valence-corrected chi connectivity index (χ1v) is 14.9. The Labute approximate surface area is 264 Å². The molecular weight excluding hydrogens is 582 g/mol. The molecule has 0 amide bonds. The third kappa shape index (κ3) is 6.50. The SMILES string of the molecule is CC1(C)[C@@H](C(=O)O)CC[C@@]1(C)C(=O)O.CC1(C)[C@@H](C(=O)O)CC[C@@]1(C)C(=O)O.Cc1c(N(C)C)c(=O)n(-c2ccccc2)n1C. The summed E-state index contributed by atoms with van der Waals surface area (Å²) < 4.78 is 3.57. The minimum Gasteiger partial charge on any atom is -0.481 e. The molecule has 0 aliphatic heterocycles. The van der Waals surface area contributed by atoms with Gasteiger partial charge in [0, 0.05) is 21.1 Å². The van der Waals surface area contributed by atoms with E-state index in [4.69, 9.17) is 20.4 Å². The molecule has 1 heterocycles. The number of hydrogen-bond acceptors (Lipinski definition) is 6. The van der Waals surface area contributed by atoms with Crippen molar-refractivity contribution in [3.05, 3.63) is 46.4 Å². The summed E-state index contributed by atoms with van der Waals surface area (Å²) in [6.07, 6.45) is 1.77. The Morgan fingerprint density at radius 1 is 0.756 bits per heavy atom. The van der Waals surface area contributed by atoms with E-state index >= 15 is 0 Å². The maximum Gasteiger partial charge on any atom is 0.309 e. The second-order valence-electron chi connectivity index (χ2n) is 13.9. The lowest BCUT2D eigenvalue weighted by Crippen LogP contribution is -2.42. The number of nitrogens with zero attached hydrogens (tertiary/aromatic N) is 3. The number of anilines is 1. The second kappa shape index (κ2) is 13.1. The Hall–Kier alpha value is -4.09. The van der Waals surface area contributed by atoms with Gasteiger partial charge >= 0.3 is 23.9 Å². The number of benzene rings is 1. The van der Waals surface area contributed by atoms with Gasteiger partial charge in [0.15, 0.2) is 0 Å². The van der Waals surface area contributed by atoms with E-state index in [0.29, 0.717) is 25.7 Å². The molecule has 2 fully saturated rings. The van der Waals surface area contributed by atoms with Gasteiger partial charge in [-0.1, -0.05) is 45.9 Å². The molecule has 0 unspecified atom stereocenters. The Morgan fingerprint density at radius 3 is 1.38 bits per heavy atom. The van der Waals surface area contributed by atoms with Crippen molar-refractivity contribution < 1.29 is 39.6 Å². The number of para-hydroxylation sites is 1. The van der Waals surface area contributed by atoms with Crippen LogP contribution in [-0.2, 0) is 26.2 Å². The van der Waals surface area contributed by atoms with Crippen molar-refractivity contribution in [3.63, 3.8) is 0 Å². The highest BCUT2D eigenvalue weighted by molar-refractivity contribution is 5.80. The van der Waals surface area contributed by atoms with Crippen LogP contribution in [0.25, 0.3) is 5.69 Å². The van der Waals surface area contributed by atoms with Gasteiger partial charge in [0.25, 0.3) is 5.56 Å². The topological polar surface area (TPSA) is 179 Å². The quantitative estimate of drug-likeness (QED) is 0.348. The minimum absolute atomic E-state index is 0.0150. The number of carbonyl (C=O) groups is 4. The summed E-state index contributed by atoms with van der Waals surface area (Å²) in [6, 6.07) is 9.66. The van der Waals surface area contributed by atoms with Crippen molar-refractivity contribution in [3.8, 4) is 5.69 Å². The van der Waals surface area contributed by atoms with Crippen molar-refractivity contribution in [1.29, 1.82) is 0 Å². The van der Waals surface area contributed by atoms with Crippen molar-refractivity contribution >= 4 is 29.6 Å². The van der Waals surface area contributed by atoms with Crippen LogP contribution in [0.5, 0.6) is 0 Å². The summed E-state index contributed by atoms with van der Waals surface area (Å²) in [7, 11) is 5.68. The van der Waals surface area contributed by atoms with Crippen molar-refractivity contribution in [2.45, 2.75) is 74.1 Å². The van der Waals surface area contributed by atoms with Gasteiger partial charge in [0.1, 0.15) is 5.69 Å². The number of hydrogen-bond donors (Lipinski definition) is 4. The summed E-state index contributed by atoms with van der Waals surface area (Å²) in [4.78, 5) is 58.3. The molecule has 0 saturated heterocycles. The van der Waals surface area contributed by atoms with Gasteiger partial charge in [-0.05, 0) is 69.4 Å². The molecule has 4 rings (SSSR count). The Balaban J connectivity index is 0.000000237. The van der Waals surface area contributed by atoms with E-state index in [1.165, 1.54) is 0 Å². The number of rotatable bonds is 6. The highest BCUT2D eigenvalue weighted by Crippen LogP contribution is 2.57. The van der Waals surface area contributed by atoms with Crippen LogP contribution in [0.2, 0.25) is 0 Å². The molecule has 250 valence electrons. The van der Waals surface area contributed by atoms with Crippen molar-refractivity contribution in [1.82, 2.24) is 9.36 Å². The van der Waals surface area contributed by atoms with E-state index in [0.717, 1.165) is 17.1 Å². The van der Waals surface area contributed by atoms with Gasteiger partial charge in [-0.2, -0.15) is 0 Å². The molecular formula is C33H49N3O9. The molecule has 45 heavy (non-hydrogen) atoms. The predicted octanol–water partition coefficient (Wildman–Crippen LogP) is 4.75. The first-order valence-electron chi connectivity index (χ1n) is 14.9. The molecule has 2 aliphatic carbocycles. The molecule has 0 radical (unpaired) electrons. The van der Waals surface area contributed by atoms with Crippen LogP contribution in [-0.4, -0.2) is 67.8 Å². The Bertz CT molecular complexity index is 1430. The monoisotopic (exact) mass is 631 g/mol. The highest BCUT2D eigenvalue weighted by Gasteiger charge is 2.59. The van der Waals surface area contributed by atoms with E-state index in [1.807, 2.05) is 68.0 Å². The fourth-order valence-corrected chi connectivity index (χ4v) is 6.70.